The fraction of sp³-hybridized carbons (Fsp3) is 0.643. The molecule has 0 amide bonds. The van der Waals surface area contributed by atoms with Gasteiger partial charge in [-0.3, -0.25) is 4.79 Å². The number of hydrogen-bond donors (Lipinski definition) is 0. The van der Waals surface area contributed by atoms with Gasteiger partial charge >= 0.3 is 0 Å². The van der Waals surface area contributed by atoms with Crippen molar-refractivity contribution in [2.45, 2.75) is 39.0 Å². The lowest BCUT2D eigenvalue weighted by Gasteiger charge is -2.27. The molecule has 17 heavy (non-hydrogen) atoms. The van der Waals surface area contributed by atoms with Crippen LogP contribution < -0.4 is 4.74 Å². The number of ether oxygens (including phenoxy) is 1. The van der Waals surface area contributed by atoms with Crippen molar-refractivity contribution in [2.75, 3.05) is 7.11 Å². The predicted octanol–water partition coefficient (Wildman–Crippen LogP) is 4.16. The van der Waals surface area contributed by atoms with Gasteiger partial charge in [0, 0.05) is 5.92 Å². The molecule has 2 nitrogen and oxygen atoms in total. The van der Waals surface area contributed by atoms with Crippen molar-refractivity contribution >= 4 is 17.1 Å². The lowest BCUT2D eigenvalue weighted by atomic mass is 9.78. The molecule has 1 aromatic heterocycles. The Morgan fingerprint density at radius 3 is 3.06 bits per heavy atom. The van der Waals surface area contributed by atoms with Crippen molar-refractivity contribution in [1.29, 1.82) is 0 Å². The summed E-state index contributed by atoms with van der Waals surface area (Å²) in [5.41, 5.74) is 0. The van der Waals surface area contributed by atoms with E-state index in [0.717, 1.165) is 29.4 Å². The summed E-state index contributed by atoms with van der Waals surface area (Å²) in [5.74, 6) is 2.01. The Labute approximate surface area is 107 Å². The monoisotopic (exact) mass is 252 g/mol. The van der Waals surface area contributed by atoms with Crippen LogP contribution in [0.25, 0.3) is 0 Å². The SMILES string of the molecule is CCC1CCCC(C(=O)c2sccc2OC)C1. The molecule has 2 rings (SSSR count). The van der Waals surface area contributed by atoms with E-state index >= 15 is 0 Å². The van der Waals surface area contributed by atoms with Gasteiger partial charge in [-0.05, 0) is 30.2 Å². The number of hydrogen-bond acceptors (Lipinski definition) is 3. The van der Waals surface area contributed by atoms with Crippen LogP contribution in [0.1, 0.15) is 48.7 Å². The molecule has 1 heterocycles. The molecular formula is C14H20O2S. The van der Waals surface area contributed by atoms with Crippen molar-refractivity contribution in [3.05, 3.63) is 16.3 Å². The van der Waals surface area contributed by atoms with E-state index in [1.54, 1.807) is 7.11 Å². The number of carbonyl (C=O) groups is 1. The number of thiophene rings is 1. The molecule has 1 aromatic rings. The molecule has 1 aliphatic carbocycles. The highest BCUT2D eigenvalue weighted by molar-refractivity contribution is 7.12. The maximum Gasteiger partial charge on any atom is 0.179 e. The molecule has 94 valence electrons. The van der Waals surface area contributed by atoms with E-state index in [1.165, 1.54) is 30.6 Å². The molecule has 1 aliphatic rings. The quantitative estimate of drug-likeness (QED) is 0.752. The number of rotatable bonds is 4. The van der Waals surface area contributed by atoms with E-state index in [0.29, 0.717) is 5.78 Å². The molecule has 0 radical (unpaired) electrons. The molecule has 0 aromatic carbocycles. The van der Waals surface area contributed by atoms with Crippen molar-refractivity contribution in [3.63, 3.8) is 0 Å². The van der Waals surface area contributed by atoms with Gasteiger partial charge in [0.2, 0.25) is 0 Å². The van der Waals surface area contributed by atoms with Gasteiger partial charge in [0.05, 0.1) is 7.11 Å². The third-order valence-electron chi connectivity index (χ3n) is 3.80. The maximum absolute atomic E-state index is 12.4. The number of Topliss-reactive ketones (excluding diaryl/α,β-unsaturated/α-hetero) is 1. The predicted molar refractivity (Wildman–Crippen MR) is 70.9 cm³/mol. The van der Waals surface area contributed by atoms with E-state index < -0.39 is 0 Å². The van der Waals surface area contributed by atoms with Crippen LogP contribution in [0, 0.1) is 11.8 Å². The van der Waals surface area contributed by atoms with Gasteiger partial charge in [-0.2, -0.15) is 0 Å². The normalized spacial score (nSPS) is 24.6. The van der Waals surface area contributed by atoms with Crippen LogP contribution in [0.5, 0.6) is 5.75 Å². The molecule has 0 saturated heterocycles. The summed E-state index contributed by atoms with van der Waals surface area (Å²) in [6.07, 6.45) is 5.81. The topological polar surface area (TPSA) is 26.3 Å². The molecule has 0 aliphatic heterocycles. The third kappa shape index (κ3) is 2.71. The van der Waals surface area contributed by atoms with Crippen LogP contribution in [-0.4, -0.2) is 12.9 Å². The Morgan fingerprint density at radius 1 is 1.53 bits per heavy atom. The van der Waals surface area contributed by atoms with Gasteiger partial charge in [-0.25, -0.2) is 0 Å². The van der Waals surface area contributed by atoms with Gasteiger partial charge in [-0.15, -0.1) is 11.3 Å². The Balaban J connectivity index is 2.09. The summed E-state index contributed by atoms with van der Waals surface area (Å²) in [6, 6.07) is 1.89. The maximum atomic E-state index is 12.4. The van der Waals surface area contributed by atoms with E-state index in [1.807, 2.05) is 11.4 Å². The Morgan fingerprint density at radius 2 is 2.35 bits per heavy atom. The van der Waals surface area contributed by atoms with Crippen LogP contribution in [0.15, 0.2) is 11.4 Å². The summed E-state index contributed by atoms with van der Waals surface area (Å²) in [7, 11) is 1.63. The summed E-state index contributed by atoms with van der Waals surface area (Å²) in [6.45, 7) is 2.23. The zero-order valence-electron chi connectivity index (χ0n) is 10.6. The highest BCUT2D eigenvalue weighted by Gasteiger charge is 2.29. The van der Waals surface area contributed by atoms with E-state index in [4.69, 9.17) is 4.74 Å². The average molecular weight is 252 g/mol. The zero-order valence-corrected chi connectivity index (χ0v) is 11.4. The lowest BCUT2D eigenvalue weighted by molar-refractivity contribution is 0.0863. The minimum Gasteiger partial charge on any atom is -0.495 e. The molecule has 1 saturated carbocycles. The summed E-state index contributed by atoms with van der Waals surface area (Å²) >= 11 is 1.51. The van der Waals surface area contributed by atoms with Gasteiger partial charge in [-0.1, -0.05) is 26.2 Å². The van der Waals surface area contributed by atoms with Crippen LogP contribution >= 0.6 is 11.3 Å². The summed E-state index contributed by atoms with van der Waals surface area (Å²) < 4.78 is 5.24. The molecule has 2 unspecified atom stereocenters. The largest absolute Gasteiger partial charge is 0.495 e. The van der Waals surface area contributed by atoms with Crippen LogP contribution in [-0.2, 0) is 0 Å². The first-order valence-electron chi connectivity index (χ1n) is 6.42. The molecule has 0 spiro atoms. The molecule has 2 atom stereocenters. The number of ketones is 1. The number of methoxy groups -OCH3 is 1. The van der Waals surface area contributed by atoms with Crippen molar-refractivity contribution in [3.8, 4) is 5.75 Å². The number of carbonyl (C=O) groups excluding carboxylic acids is 1. The average Bonchev–Trinajstić information content (AvgIpc) is 2.86. The molecule has 0 bridgehead atoms. The minimum atomic E-state index is 0.223. The second-order valence-corrected chi connectivity index (χ2v) is 5.74. The first kappa shape index (κ1) is 12.6. The smallest absolute Gasteiger partial charge is 0.179 e. The standard InChI is InChI=1S/C14H20O2S/c1-3-10-5-4-6-11(9-10)13(15)14-12(16-2)7-8-17-14/h7-8,10-11H,3-6,9H2,1-2H3. The summed E-state index contributed by atoms with van der Waals surface area (Å²) in [5, 5.41) is 1.94. The van der Waals surface area contributed by atoms with Gasteiger partial charge < -0.3 is 4.74 Å². The molecule has 1 fully saturated rings. The van der Waals surface area contributed by atoms with E-state index in [2.05, 4.69) is 6.92 Å². The van der Waals surface area contributed by atoms with Crippen LogP contribution in [0.4, 0.5) is 0 Å². The zero-order chi connectivity index (χ0) is 12.3. The second kappa shape index (κ2) is 5.67. The van der Waals surface area contributed by atoms with Crippen molar-refractivity contribution < 1.29 is 9.53 Å². The van der Waals surface area contributed by atoms with Gasteiger partial charge in [0.25, 0.3) is 0 Å². The Kier molecular flexibility index (Phi) is 4.21. The van der Waals surface area contributed by atoms with Crippen LogP contribution in [0.3, 0.4) is 0 Å². The van der Waals surface area contributed by atoms with Gasteiger partial charge in [0.1, 0.15) is 10.6 Å². The molecule has 3 heteroatoms. The summed E-state index contributed by atoms with van der Waals surface area (Å²) in [4.78, 5) is 13.2. The Bertz CT molecular complexity index is 383. The van der Waals surface area contributed by atoms with Gasteiger partial charge in [0.15, 0.2) is 5.78 Å². The van der Waals surface area contributed by atoms with Crippen molar-refractivity contribution in [2.24, 2.45) is 11.8 Å². The third-order valence-corrected chi connectivity index (χ3v) is 4.71. The lowest BCUT2D eigenvalue weighted by Crippen LogP contribution is -2.22. The minimum absolute atomic E-state index is 0.223. The first-order valence-corrected chi connectivity index (χ1v) is 7.30. The fourth-order valence-electron chi connectivity index (χ4n) is 2.72. The second-order valence-electron chi connectivity index (χ2n) is 4.82. The van der Waals surface area contributed by atoms with Crippen molar-refractivity contribution in [1.82, 2.24) is 0 Å². The van der Waals surface area contributed by atoms with E-state index in [9.17, 15) is 4.79 Å². The highest BCUT2D eigenvalue weighted by atomic mass is 32.1. The van der Waals surface area contributed by atoms with Crippen LogP contribution in [0.2, 0.25) is 0 Å². The Hall–Kier alpha value is -0.830. The molecule has 0 N–H and O–H groups in total. The first-order chi connectivity index (χ1) is 8.26. The fourth-order valence-corrected chi connectivity index (χ4v) is 3.60. The highest BCUT2D eigenvalue weighted by Crippen LogP contribution is 2.36. The van der Waals surface area contributed by atoms with E-state index in [-0.39, 0.29) is 5.92 Å². The molecular weight excluding hydrogens is 232 g/mol.